The zero-order valence-electron chi connectivity index (χ0n) is 15.9. The van der Waals surface area contributed by atoms with Crippen LogP contribution in [0.25, 0.3) is 10.9 Å². The lowest BCUT2D eigenvalue weighted by Crippen LogP contribution is -2.13. The van der Waals surface area contributed by atoms with E-state index in [0.717, 1.165) is 40.3 Å². The molecule has 1 saturated carbocycles. The Hall–Kier alpha value is -2.89. The van der Waals surface area contributed by atoms with E-state index in [0.29, 0.717) is 23.8 Å². The van der Waals surface area contributed by atoms with Gasteiger partial charge in [-0.3, -0.25) is 14.7 Å². The Morgan fingerprint density at radius 3 is 2.96 bits per heavy atom. The number of anilines is 1. The maximum absolute atomic E-state index is 6.03. The minimum Gasteiger partial charge on any atom is -0.476 e. The summed E-state index contributed by atoms with van der Waals surface area (Å²) in [5, 5.41) is 9.01. The van der Waals surface area contributed by atoms with Crippen molar-refractivity contribution in [2.75, 3.05) is 11.9 Å². The van der Waals surface area contributed by atoms with Crippen LogP contribution in [0.1, 0.15) is 31.5 Å². The fraction of sp³-hybridized carbons (Fsp3) is 0.381. The molecule has 3 heterocycles. The smallest absolute Gasteiger partial charge is 0.240 e. The fourth-order valence-corrected chi connectivity index (χ4v) is 3.70. The molecule has 1 N–H and O–H groups in total. The maximum atomic E-state index is 6.03. The molecule has 27 heavy (non-hydrogen) atoms. The van der Waals surface area contributed by atoms with Crippen LogP contribution in [0.2, 0.25) is 0 Å². The Balaban J connectivity index is 1.37. The summed E-state index contributed by atoms with van der Waals surface area (Å²) in [6.45, 7) is 5.98. The number of hydrogen-bond acceptors (Lipinski definition) is 5. The van der Waals surface area contributed by atoms with Crippen molar-refractivity contribution in [3.8, 4) is 5.88 Å². The highest BCUT2D eigenvalue weighted by atomic mass is 16.5. The highest BCUT2D eigenvalue weighted by Crippen LogP contribution is 2.51. The molecule has 138 valence electrons. The molecule has 2 aromatic heterocycles. The third-order valence-corrected chi connectivity index (χ3v) is 5.74. The molecule has 0 saturated heterocycles. The normalized spacial score (nSPS) is 19.7. The van der Waals surface area contributed by atoms with Gasteiger partial charge in [0, 0.05) is 24.5 Å². The van der Waals surface area contributed by atoms with E-state index < -0.39 is 0 Å². The standard InChI is InChI=1S/C21H23N5O/c1-21(2)10-14(21)12-27-20-16-7-6-15(9-17(16)26(3)25-20)24-19-18-13(11-23-19)5-4-8-22-18/h4-9,14H,10-12H2,1-3H3,(H,23,24). The van der Waals surface area contributed by atoms with Gasteiger partial charge in [0.1, 0.15) is 5.69 Å². The largest absolute Gasteiger partial charge is 0.476 e. The Kier molecular flexibility index (Phi) is 3.50. The molecule has 5 rings (SSSR count). The van der Waals surface area contributed by atoms with Crippen molar-refractivity contribution < 1.29 is 4.74 Å². The van der Waals surface area contributed by atoms with Crippen molar-refractivity contribution in [1.29, 1.82) is 0 Å². The highest BCUT2D eigenvalue weighted by Gasteiger charge is 2.46. The number of aromatic nitrogens is 3. The first-order chi connectivity index (χ1) is 13.0. The monoisotopic (exact) mass is 361 g/mol. The molecule has 2 aliphatic rings. The average molecular weight is 361 g/mol. The van der Waals surface area contributed by atoms with Crippen LogP contribution in [0.15, 0.2) is 41.5 Å². The first-order valence-electron chi connectivity index (χ1n) is 9.36. The van der Waals surface area contributed by atoms with Crippen LogP contribution in [-0.2, 0) is 13.6 Å². The van der Waals surface area contributed by atoms with Crippen molar-refractivity contribution in [3.05, 3.63) is 47.8 Å². The Morgan fingerprint density at radius 2 is 2.15 bits per heavy atom. The van der Waals surface area contributed by atoms with E-state index in [1.54, 1.807) is 6.20 Å². The van der Waals surface area contributed by atoms with Crippen LogP contribution >= 0.6 is 0 Å². The van der Waals surface area contributed by atoms with Gasteiger partial charge < -0.3 is 10.1 Å². The van der Waals surface area contributed by atoms with Crippen LogP contribution in [-0.4, -0.2) is 27.2 Å². The molecule has 1 fully saturated rings. The summed E-state index contributed by atoms with van der Waals surface area (Å²) < 4.78 is 7.90. The van der Waals surface area contributed by atoms with Crippen LogP contribution in [0, 0.1) is 11.3 Å². The second kappa shape index (κ2) is 5.81. The Labute approximate surface area is 158 Å². The molecule has 0 spiro atoms. The minimum absolute atomic E-state index is 0.411. The summed E-state index contributed by atoms with van der Waals surface area (Å²) in [6.07, 6.45) is 3.03. The van der Waals surface area contributed by atoms with Gasteiger partial charge in [-0.1, -0.05) is 19.9 Å². The summed E-state index contributed by atoms with van der Waals surface area (Å²) in [4.78, 5) is 9.02. The Bertz CT molecular complexity index is 1070. The zero-order valence-corrected chi connectivity index (χ0v) is 15.9. The molecule has 1 aromatic carbocycles. The van der Waals surface area contributed by atoms with Gasteiger partial charge in [-0.25, -0.2) is 0 Å². The van der Waals surface area contributed by atoms with Crippen molar-refractivity contribution >= 4 is 22.4 Å². The van der Waals surface area contributed by atoms with E-state index >= 15 is 0 Å². The van der Waals surface area contributed by atoms with Crippen LogP contribution in [0.3, 0.4) is 0 Å². The molecule has 0 radical (unpaired) electrons. The number of ether oxygens (including phenoxy) is 1. The first kappa shape index (κ1) is 16.3. The topological polar surface area (TPSA) is 64.3 Å². The summed E-state index contributed by atoms with van der Waals surface area (Å²) in [7, 11) is 1.95. The number of nitrogens with one attached hydrogen (secondary N) is 1. The summed E-state index contributed by atoms with van der Waals surface area (Å²) in [5.41, 5.74) is 4.50. The maximum Gasteiger partial charge on any atom is 0.240 e. The van der Waals surface area contributed by atoms with Crippen molar-refractivity contribution in [1.82, 2.24) is 14.8 Å². The molecule has 6 heteroatoms. The van der Waals surface area contributed by atoms with Crippen LogP contribution < -0.4 is 10.1 Å². The molecular weight excluding hydrogens is 338 g/mol. The molecule has 1 aliphatic carbocycles. The number of hydrogen-bond donors (Lipinski definition) is 1. The van der Waals surface area contributed by atoms with E-state index in [1.165, 1.54) is 6.42 Å². The average Bonchev–Trinajstić information content (AvgIpc) is 2.97. The van der Waals surface area contributed by atoms with Crippen molar-refractivity contribution in [2.24, 2.45) is 23.4 Å². The van der Waals surface area contributed by atoms with Crippen LogP contribution in [0.4, 0.5) is 5.69 Å². The number of aliphatic imine (C=N–C) groups is 1. The molecule has 0 bridgehead atoms. The van der Waals surface area contributed by atoms with Gasteiger partial charge in [0.05, 0.1) is 24.1 Å². The van der Waals surface area contributed by atoms with E-state index in [2.05, 4.69) is 52.4 Å². The number of rotatable bonds is 4. The minimum atomic E-state index is 0.411. The quantitative estimate of drug-likeness (QED) is 0.768. The summed E-state index contributed by atoms with van der Waals surface area (Å²) >= 11 is 0. The summed E-state index contributed by atoms with van der Waals surface area (Å²) in [6, 6.07) is 10.2. The second-order valence-electron chi connectivity index (χ2n) is 8.16. The van der Waals surface area contributed by atoms with Gasteiger partial charge in [0.25, 0.3) is 0 Å². The number of fused-ring (bicyclic) bond motifs is 2. The third-order valence-electron chi connectivity index (χ3n) is 5.74. The number of amidine groups is 1. The number of pyridine rings is 1. The predicted molar refractivity (Wildman–Crippen MR) is 106 cm³/mol. The van der Waals surface area contributed by atoms with Gasteiger partial charge in [-0.2, -0.15) is 0 Å². The molecule has 1 aliphatic heterocycles. The van der Waals surface area contributed by atoms with Gasteiger partial charge in [0.15, 0.2) is 5.84 Å². The van der Waals surface area contributed by atoms with E-state index in [-0.39, 0.29) is 0 Å². The molecule has 3 aromatic rings. The SMILES string of the molecule is Cn1nc(OCC2CC2(C)C)c2ccc(NC3=NCc4cccnc43)cc21. The summed E-state index contributed by atoms with van der Waals surface area (Å²) in [5.74, 6) is 2.16. The zero-order chi connectivity index (χ0) is 18.6. The van der Waals surface area contributed by atoms with E-state index in [9.17, 15) is 0 Å². The highest BCUT2D eigenvalue weighted by molar-refractivity contribution is 6.09. The fourth-order valence-electron chi connectivity index (χ4n) is 3.70. The van der Waals surface area contributed by atoms with Gasteiger partial charge in [-0.15, -0.1) is 5.10 Å². The van der Waals surface area contributed by atoms with Crippen molar-refractivity contribution in [2.45, 2.75) is 26.8 Å². The number of aryl methyl sites for hydroxylation is 1. The van der Waals surface area contributed by atoms with Crippen LogP contribution in [0.5, 0.6) is 5.88 Å². The Morgan fingerprint density at radius 1 is 1.30 bits per heavy atom. The number of nitrogens with zero attached hydrogens (tertiary/aromatic N) is 4. The van der Waals surface area contributed by atoms with Gasteiger partial charge >= 0.3 is 0 Å². The van der Waals surface area contributed by atoms with Gasteiger partial charge in [0.2, 0.25) is 5.88 Å². The molecular formula is C21H23N5O. The molecule has 1 unspecified atom stereocenters. The lowest BCUT2D eigenvalue weighted by atomic mass is 10.1. The molecule has 6 nitrogen and oxygen atoms in total. The lowest BCUT2D eigenvalue weighted by Gasteiger charge is -2.08. The van der Waals surface area contributed by atoms with E-state index in [4.69, 9.17) is 4.74 Å². The first-order valence-corrected chi connectivity index (χ1v) is 9.36. The molecule has 0 amide bonds. The molecule has 1 atom stereocenters. The van der Waals surface area contributed by atoms with Gasteiger partial charge in [-0.05, 0) is 42.0 Å². The van der Waals surface area contributed by atoms with Crippen molar-refractivity contribution in [3.63, 3.8) is 0 Å². The van der Waals surface area contributed by atoms with E-state index in [1.807, 2.05) is 23.9 Å². The lowest BCUT2D eigenvalue weighted by molar-refractivity contribution is 0.270. The second-order valence-corrected chi connectivity index (χ2v) is 8.16. The third kappa shape index (κ3) is 2.85. The predicted octanol–water partition coefficient (Wildman–Crippen LogP) is 3.77. The number of benzene rings is 1.